The zero-order chi connectivity index (χ0) is 18.0. The van der Waals surface area contributed by atoms with Crippen molar-refractivity contribution in [3.8, 4) is 0 Å². The summed E-state index contributed by atoms with van der Waals surface area (Å²) in [7, 11) is 0. The Labute approximate surface area is 141 Å². The SMILES string of the molecule is C[C@@H](NC(=O)Cc1n[nH]c(=O)c2ccccc12)c1ccc(F)cc1F. The number of halogens is 2. The lowest BCUT2D eigenvalue weighted by Crippen LogP contribution is -2.29. The van der Waals surface area contributed by atoms with Gasteiger partial charge in [0.15, 0.2) is 0 Å². The van der Waals surface area contributed by atoms with Gasteiger partial charge in [0.2, 0.25) is 5.91 Å². The average Bonchev–Trinajstić information content (AvgIpc) is 2.57. The van der Waals surface area contributed by atoms with E-state index in [-0.39, 0.29) is 23.5 Å². The molecule has 0 bridgehead atoms. The van der Waals surface area contributed by atoms with E-state index in [0.717, 1.165) is 12.1 Å². The van der Waals surface area contributed by atoms with Crippen LogP contribution in [0.5, 0.6) is 0 Å². The Morgan fingerprint density at radius 3 is 2.64 bits per heavy atom. The van der Waals surface area contributed by atoms with E-state index in [1.54, 1.807) is 31.2 Å². The third kappa shape index (κ3) is 3.55. The van der Waals surface area contributed by atoms with Crippen LogP contribution in [0.2, 0.25) is 0 Å². The summed E-state index contributed by atoms with van der Waals surface area (Å²) in [6, 6.07) is 9.40. The Morgan fingerprint density at radius 1 is 1.20 bits per heavy atom. The van der Waals surface area contributed by atoms with Gasteiger partial charge in [-0.2, -0.15) is 5.10 Å². The zero-order valence-electron chi connectivity index (χ0n) is 13.3. The zero-order valence-corrected chi connectivity index (χ0v) is 13.3. The molecule has 2 aromatic carbocycles. The molecule has 0 aliphatic heterocycles. The van der Waals surface area contributed by atoms with Crippen LogP contribution in [0.1, 0.15) is 24.2 Å². The number of carbonyl (C=O) groups excluding carboxylic acids is 1. The summed E-state index contributed by atoms with van der Waals surface area (Å²) in [5, 5.41) is 9.97. The second-order valence-electron chi connectivity index (χ2n) is 5.68. The van der Waals surface area contributed by atoms with E-state index in [0.29, 0.717) is 16.5 Å². The molecule has 1 atom stereocenters. The van der Waals surface area contributed by atoms with Crippen molar-refractivity contribution in [3.05, 3.63) is 75.7 Å². The number of nitrogens with zero attached hydrogens (tertiary/aromatic N) is 1. The molecule has 3 aromatic rings. The van der Waals surface area contributed by atoms with Crippen LogP contribution < -0.4 is 10.9 Å². The van der Waals surface area contributed by atoms with Crippen molar-refractivity contribution < 1.29 is 13.6 Å². The van der Waals surface area contributed by atoms with E-state index >= 15 is 0 Å². The smallest absolute Gasteiger partial charge is 0.272 e. The second kappa shape index (κ2) is 6.80. The largest absolute Gasteiger partial charge is 0.349 e. The number of carbonyl (C=O) groups is 1. The predicted octanol–water partition coefficient (Wildman–Crippen LogP) is 2.62. The lowest BCUT2D eigenvalue weighted by atomic mass is 10.1. The third-order valence-electron chi connectivity index (χ3n) is 3.91. The topological polar surface area (TPSA) is 74.8 Å². The molecule has 128 valence electrons. The van der Waals surface area contributed by atoms with E-state index in [4.69, 9.17) is 0 Å². The highest BCUT2D eigenvalue weighted by Gasteiger charge is 2.16. The van der Waals surface area contributed by atoms with Crippen LogP contribution in [-0.2, 0) is 11.2 Å². The maximum absolute atomic E-state index is 13.8. The molecule has 0 saturated carbocycles. The number of aromatic amines is 1. The van der Waals surface area contributed by atoms with E-state index in [1.165, 1.54) is 6.07 Å². The minimum atomic E-state index is -0.722. The van der Waals surface area contributed by atoms with E-state index in [1.807, 2.05) is 0 Å². The molecule has 0 saturated heterocycles. The van der Waals surface area contributed by atoms with Gasteiger partial charge in [0, 0.05) is 17.0 Å². The van der Waals surface area contributed by atoms with Gasteiger partial charge in [-0.15, -0.1) is 0 Å². The first-order chi connectivity index (χ1) is 12.0. The van der Waals surface area contributed by atoms with Crippen LogP contribution in [0.25, 0.3) is 10.8 Å². The van der Waals surface area contributed by atoms with Crippen molar-refractivity contribution in [2.24, 2.45) is 0 Å². The van der Waals surface area contributed by atoms with Crippen molar-refractivity contribution >= 4 is 16.7 Å². The van der Waals surface area contributed by atoms with Gasteiger partial charge in [-0.3, -0.25) is 9.59 Å². The van der Waals surface area contributed by atoms with Crippen LogP contribution in [-0.4, -0.2) is 16.1 Å². The molecular weight excluding hydrogens is 328 g/mol. The number of hydrogen-bond acceptors (Lipinski definition) is 3. The van der Waals surface area contributed by atoms with Crippen molar-refractivity contribution in [1.29, 1.82) is 0 Å². The number of amides is 1. The van der Waals surface area contributed by atoms with Crippen molar-refractivity contribution in [2.75, 3.05) is 0 Å². The normalized spacial score (nSPS) is 12.1. The van der Waals surface area contributed by atoms with Gasteiger partial charge in [-0.25, -0.2) is 13.9 Å². The molecule has 5 nitrogen and oxygen atoms in total. The first kappa shape index (κ1) is 16.8. The minimum Gasteiger partial charge on any atom is -0.349 e. The maximum atomic E-state index is 13.8. The molecule has 3 rings (SSSR count). The Kier molecular flexibility index (Phi) is 4.56. The van der Waals surface area contributed by atoms with Crippen LogP contribution in [0.4, 0.5) is 8.78 Å². The number of hydrogen-bond donors (Lipinski definition) is 2. The summed E-state index contributed by atoms with van der Waals surface area (Å²) in [6.07, 6.45) is -0.0789. The predicted molar refractivity (Wildman–Crippen MR) is 89.0 cm³/mol. The molecule has 0 unspecified atom stereocenters. The third-order valence-corrected chi connectivity index (χ3v) is 3.91. The fourth-order valence-corrected chi connectivity index (χ4v) is 2.68. The summed E-state index contributed by atoms with van der Waals surface area (Å²) in [5.41, 5.74) is 0.273. The van der Waals surface area contributed by atoms with Gasteiger partial charge >= 0.3 is 0 Å². The summed E-state index contributed by atoms with van der Waals surface area (Å²) < 4.78 is 26.8. The van der Waals surface area contributed by atoms with Crippen molar-refractivity contribution in [1.82, 2.24) is 15.5 Å². The molecule has 0 spiro atoms. The number of aromatic nitrogens is 2. The monoisotopic (exact) mass is 343 g/mol. The summed E-state index contributed by atoms with van der Waals surface area (Å²) in [4.78, 5) is 24.0. The minimum absolute atomic E-state index is 0.0789. The second-order valence-corrected chi connectivity index (χ2v) is 5.68. The molecule has 1 heterocycles. The van der Waals surface area contributed by atoms with E-state index < -0.39 is 17.7 Å². The maximum Gasteiger partial charge on any atom is 0.272 e. The summed E-state index contributed by atoms with van der Waals surface area (Å²) in [5.74, 6) is -1.79. The van der Waals surface area contributed by atoms with Gasteiger partial charge < -0.3 is 5.32 Å². The number of nitrogens with one attached hydrogen (secondary N) is 2. The first-order valence-corrected chi connectivity index (χ1v) is 7.66. The van der Waals surface area contributed by atoms with Gasteiger partial charge in [0.05, 0.1) is 23.5 Å². The van der Waals surface area contributed by atoms with Crippen molar-refractivity contribution in [3.63, 3.8) is 0 Å². The molecule has 2 N–H and O–H groups in total. The van der Waals surface area contributed by atoms with Crippen molar-refractivity contribution in [2.45, 2.75) is 19.4 Å². The van der Waals surface area contributed by atoms with Crippen LogP contribution in [0.3, 0.4) is 0 Å². The quantitative estimate of drug-likeness (QED) is 0.765. The first-order valence-electron chi connectivity index (χ1n) is 7.66. The number of fused-ring (bicyclic) bond motifs is 1. The highest BCUT2D eigenvalue weighted by Crippen LogP contribution is 2.18. The molecular formula is C18H15F2N3O2. The number of rotatable bonds is 4. The van der Waals surface area contributed by atoms with E-state index in [2.05, 4.69) is 15.5 Å². The highest BCUT2D eigenvalue weighted by molar-refractivity contribution is 5.88. The van der Waals surface area contributed by atoms with E-state index in [9.17, 15) is 18.4 Å². The molecule has 0 aliphatic rings. The molecule has 1 amide bonds. The Hall–Kier alpha value is -3.09. The fraction of sp³-hybridized carbons (Fsp3) is 0.167. The molecule has 0 fully saturated rings. The van der Waals surface area contributed by atoms with Crippen LogP contribution >= 0.6 is 0 Å². The molecule has 0 radical (unpaired) electrons. The summed E-state index contributed by atoms with van der Waals surface area (Å²) in [6.45, 7) is 1.60. The fourth-order valence-electron chi connectivity index (χ4n) is 2.68. The lowest BCUT2D eigenvalue weighted by molar-refractivity contribution is -0.121. The highest BCUT2D eigenvalue weighted by atomic mass is 19.1. The Morgan fingerprint density at radius 2 is 1.92 bits per heavy atom. The van der Waals surface area contributed by atoms with Gasteiger partial charge in [-0.05, 0) is 19.1 Å². The average molecular weight is 343 g/mol. The van der Waals surface area contributed by atoms with Crippen LogP contribution in [0.15, 0.2) is 47.3 Å². The Balaban J connectivity index is 1.79. The number of benzene rings is 2. The summed E-state index contributed by atoms with van der Waals surface area (Å²) >= 11 is 0. The molecule has 25 heavy (non-hydrogen) atoms. The van der Waals surface area contributed by atoms with Crippen LogP contribution in [0, 0.1) is 11.6 Å². The van der Waals surface area contributed by atoms with Gasteiger partial charge in [-0.1, -0.05) is 24.3 Å². The molecule has 1 aromatic heterocycles. The van der Waals surface area contributed by atoms with Gasteiger partial charge in [0.25, 0.3) is 5.56 Å². The molecule has 7 heteroatoms. The van der Waals surface area contributed by atoms with Gasteiger partial charge in [0.1, 0.15) is 11.6 Å². The standard InChI is InChI=1S/C18H15F2N3O2/c1-10(12-7-6-11(19)8-15(12)20)21-17(24)9-16-13-4-2-3-5-14(13)18(25)23-22-16/h2-8,10H,9H2,1H3,(H,21,24)(H,23,25)/t10-/m1/s1. The number of H-pyrrole nitrogens is 1. The lowest BCUT2D eigenvalue weighted by Gasteiger charge is -2.15. The Bertz CT molecular complexity index is 1000. The molecule has 0 aliphatic carbocycles.